The molecule has 1 heterocycles. The molecule has 1 amide bonds. The van der Waals surface area contributed by atoms with Crippen LogP contribution in [0.3, 0.4) is 0 Å². The van der Waals surface area contributed by atoms with E-state index in [4.69, 9.17) is 21.1 Å². The van der Waals surface area contributed by atoms with Crippen LogP contribution >= 0.6 is 11.6 Å². The molecule has 0 unspecified atom stereocenters. The van der Waals surface area contributed by atoms with Crippen LogP contribution in [0.5, 0.6) is 11.5 Å². The fourth-order valence-electron chi connectivity index (χ4n) is 2.89. The Labute approximate surface area is 138 Å². The molecule has 23 heavy (non-hydrogen) atoms. The van der Waals surface area contributed by atoms with Crippen molar-refractivity contribution in [1.82, 2.24) is 0 Å². The summed E-state index contributed by atoms with van der Waals surface area (Å²) >= 11 is 6.18. The number of hydrogen-bond acceptors (Lipinski definition) is 3. The van der Waals surface area contributed by atoms with Gasteiger partial charge in [-0.2, -0.15) is 0 Å². The molecule has 1 aliphatic rings. The van der Waals surface area contributed by atoms with Crippen LogP contribution in [0.1, 0.15) is 23.5 Å². The molecule has 6 heteroatoms. The van der Waals surface area contributed by atoms with E-state index in [0.717, 1.165) is 5.56 Å². The second kappa shape index (κ2) is 6.08. The molecule has 2 aromatic rings. The first-order chi connectivity index (χ1) is 11.0. The number of anilines is 1. The number of nitrogens with one attached hydrogen (secondary N) is 1. The fourth-order valence-corrected chi connectivity index (χ4v) is 3.18. The summed E-state index contributed by atoms with van der Waals surface area (Å²) in [6.45, 7) is 0. The van der Waals surface area contributed by atoms with Crippen LogP contribution in [0, 0.1) is 5.82 Å². The first kappa shape index (κ1) is 15.6. The van der Waals surface area contributed by atoms with Crippen molar-refractivity contribution in [2.24, 2.45) is 0 Å². The smallest absolute Gasteiger partial charge is 0.225 e. The van der Waals surface area contributed by atoms with Gasteiger partial charge in [-0.15, -0.1) is 0 Å². The van der Waals surface area contributed by atoms with Gasteiger partial charge in [-0.1, -0.05) is 17.7 Å². The van der Waals surface area contributed by atoms with Crippen molar-refractivity contribution in [2.45, 2.75) is 12.3 Å². The molecule has 0 saturated heterocycles. The van der Waals surface area contributed by atoms with Crippen LogP contribution in [0.4, 0.5) is 10.1 Å². The fraction of sp³-hybridized carbons (Fsp3) is 0.235. The molecular formula is C17H15ClFNO3. The second-order valence-electron chi connectivity index (χ2n) is 5.23. The Morgan fingerprint density at radius 1 is 1.22 bits per heavy atom. The SMILES string of the molecule is COc1cc2c(cc1OC)[C@@H](c1c(F)cccc1Cl)CC(=O)N2. The number of halogens is 2. The van der Waals surface area contributed by atoms with E-state index >= 15 is 0 Å². The standard InChI is InChI=1S/C17H15ClFNO3/c1-22-14-6-9-10(17-11(18)4-3-5-12(17)19)7-16(21)20-13(9)8-15(14)23-2/h3-6,8,10H,7H2,1-2H3,(H,20,21)/t10-/m0/s1. The van der Waals surface area contributed by atoms with E-state index in [1.54, 1.807) is 24.3 Å². The van der Waals surface area contributed by atoms with Crippen molar-refractivity contribution in [1.29, 1.82) is 0 Å². The minimum atomic E-state index is -0.479. The van der Waals surface area contributed by atoms with Gasteiger partial charge < -0.3 is 14.8 Å². The number of methoxy groups -OCH3 is 2. The number of benzene rings is 2. The Balaban J connectivity index is 2.20. The summed E-state index contributed by atoms with van der Waals surface area (Å²) in [5.41, 5.74) is 1.63. The van der Waals surface area contributed by atoms with Gasteiger partial charge in [-0.25, -0.2) is 4.39 Å². The van der Waals surface area contributed by atoms with Gasteiger partial charge in [0.15, 0.2) is 11.5 Å². The Hall–Kier alpha value is -2.27. The third kappa shape index (κ3) is 2.72. The lowest BCUT2D eigenvalue weighted by Gasteiger charge is -2.28. The van der Waals surface area contributed by atoms with Gasteiger partial charge in [0, 0.05) is 34.7 Å². The van der Waals surface area contributed by atoms with Gasteiger partial charge in [0.25, 0.3) is 0 Å². The van der Waals surface area contributed by atoms with E-state index in [9.17, 15) is 9.18 Å². The van der Waals surface area contributed by atoms with Crippen molar-refractivity contribution < 1.29 is 18.7 Å². The Morgan fingerprint density at radius 2 is 1.91 bits per heavy atom. The van der Waals surface area contributed by atoms with Crippen LogP contribution in [-0.2, 0) is 4.79 Å². The molecule has 4 nitrogen and oxygen atoms in total. The summed E-state index contributed by atoms with van der Waals surface area (Å²) in [4.78, 5) is 12.0. The molecule has 1 aliphatic heterocycles. The highest BCUT2D eigenvalue weighted by molar-refractivity contribution is 6.31. The summed E-state index contributed by atoms with van der Waals surface area (Å²) in [6, 6.07) is 7.93. The van der Waals surface area contributed by atoms with Crippen molar-refractivity contribution in [3.63, 3.8) is 0 Å². The van der Waals surface area contributed by atoms with Gasteiger partial charge in [-0.3, -0.25) is 4.79 Å². The topological polar surface area (TPSA) is 47.6 Å². The van der Waals surface area contributed by atoms with Crippen LogP contribution in [-0.4, -0.2) is 20.1 Å². The van der Waals surface area contributed by atoms with Crippen LogP contribution in [0.15, 0.2) is 30.3 Å². The minimum Gasteiger partial charge on any atom is -0.493 e. The lowest BCUT2D eigenvalue weighted by Crippen LogP contribution is -2.24. The van der Waals surface area contributed by atoms with E-state index < -0.39 is 11.7 Å². The number of amides is 1. The highest BCUT2D eigenvalue weighted by Gasteiger charge is 2.31. The van der Waals surface area contributed by atoms with E-state index in [0.29, 0.717) is 27.8 Å². The predicted octanol–water partition coefficient (Wildman–Crippen LogP) is 3.97. The molecule has 0 bridgehead atoms. The first-order valence-electron chi connectivity index (χ1n) is 7.04. The molecule has 0 aliphatic carbocycles. The number of fused-ring (bicyclic) bond motifs is 1. The molecule has 120 valence electrons. The summed E-state index contributed by atoms with van der Waals surface area (Å²) in [5, 5.41) is 3.08. The molecule has 0 spiro atoms. The summed E-state index contributed by atoms with van der Waals surface area (Å²) < 4.78 is 24.9. The minimum absolute atomic E-state index is 0.114. The van der Waals surface area contributed by atoms with Gasteiger partial charge in [-0.05, 0) is 23.8 Å². The van der Waals surface area contributed by atoms with Crippen molar-refractivity contribution in [3.05, 3.63) is 52.3 Å². The van der Waals surface area contributed by atoms with E-state index in [1.807, 2.05) is 0 Å². The monoisotopic (exact) mass is 335 g/mol. The molecule has 3 rings (SSSR count). The molecule has 1 N–H and O–H groups in total. The van der Waals surface area contributed by atoms with Crippen LogP contribution in [0.25, 0.3) is 0 Å². The molecule has 0 radical (unpaired) electrons. The van der Waals surface area contributed by atoms with Crippen molar-refractivity contribution >= 4 is 23.2 Å². The average Bonchev–Trinajstić information content (AvgIpc) is 2.53. The number of ether oxygens (including phenoxy) is 2. The van der Waals surface area contributed by atoms with Crippen LogP contribution in [0.2, 0.25) is 5.02 Å². The number of carbonyl (C=O) groups excluding carboxylic acids is 1. The zero-order valence-corrected chi connectivity index (χ0v) is 13.4. The first-order valence-corrected chi connectivity index (χ1v) is 7.42. The lowest BCUT2D eigenvalue weighted by atomic mass is 9.84. The maximum absolute atomic E-state index is 14.3. The van der Waals surface area contributed by atoms with E-state index in [1.165, 1.54) is 20.3 Å². The average molecular weight is 336 g/mol. The van der Waals surface area contributed by atoms with Gasteiger partial charge in [0.1, 0.15) is 5.82 Å². The maximum atomic E-state index is 14.3. The zero-order chi connectivity index (χ0) is 16.6. The van der Waals surface area contributed by atoms with Gasteiger partial charge >= 0.3 is 0 Å². The summed E-state index contributed by atoms with van der Waals surface area (Å²) in [6.07, 6.45) is 0.114. The zero-order valence-electron chi connectivity index (χ0n) is 12.7. The predicted molar refractivity (Wildman–Crippen MR) is 86.0 cm³/mol. The summed E-state index contributed by atoms with van der Waals surface area (Å²) in [5.74, 6) is -0.106. The Kier molecular flexibility index (Phi) is 4.13. The van der Waals surface area contributed by atoms with E-state index in [2.05, 4.69) is 5.32 Å². The number of carbonyl (C=O) groups is 1. The van der Waals surface area contributed by atoms with Crippen molar-refractivity contribution in [2.75, 3.05) is 19.5 Å². The van der Waals surface area contributed by atoms with Crippen molar-refractivity contribution in [3.8, 4) is 11.5 Å². The number of rotatable bonds is 3. The van der Waals surface area contributed by atoms with Gasteiger partial charge in [0.2, 0.25) is 5.91 Å². The van der Waals surface area contributed by atoms with E-state index in [-0.39, 0.29) is 12.3 Å². The molecule has 0 aromatic heterocycles. The second-order valence-corrected chi connectivity index (χ2v) is 5.64. The third-order valence-electron chi connectivity index (χ3n) is 3.94. The largest absolute Gasteiger partial charge is 0.493 e. The highest BCUT2D eigenvalue weighted by atomic mass is 35.5. The van der Waals surface area contributed by atoms with Gasteiger partial charge in [0.05, 0.1) is 14.2 Å². The lowest BCUT2D eigenvalue weighted by molar-refractivity contribution is -0.116. The van der Waals surface area contributed by atoms with Crippen LogP contribution < -0.4 is 14.8 Å². The normalized spacial score (nSPS) is 16.5. The molecule has 0 fully saturated rings. The maximum Gasteiger partial charge on any atom is 0.225 e. The molecule has 0 saturated carbocycles. The number of hydrogen-bond donors (Lipinski definition) is 1. The summed E-state index contributed by atoms with van der Waals surface area (Å²) in [7, 11) is 3.04. The molecule has 1 atom stereocenters. The molecule has 2 aromatic carbocycles. The highest BCUT2D eigenvalue weighted by Crippen LogP contribution is 2.45. The quantitative estimate of drug-likeness (QED) is 0.923. The Morgan fingerprint density at radius 3 is 2.57 bits per heavy atom. The molecular weight excluding hydrogens is 321 g/mol. The third-order valence-corrected chi connectivity index (χ3v) is 4.27. The Bertz CT molecular complexity index is 758.